The molecule has 10 heteroatoms. The summed E-state index contributed by atoms with van der Waals surface area (Å²) in [4.78, 5) is 31.6. The highest BCUT2D eigenvalue weighted by Crippen LogP contribution is 2.25. The normalized spacial score (nSPS) is 12.1. The molecule has 1 amide bonds. The largest absolute Gasteiger partial charge is 0.353 e. The van der Waals surface area contributed by atoms with Crippen molar-refractivity contribution in [3.63, 3.8) is 0 Å². The molecule has 0 spiro atoms. The van der Waals surface area contributed by atoms with E-state index < -0.39 is 11.6 Å². The fraction of sp³-hybridized carbons (Fsp3) is 0.241. The quantitative estimate of drug-likeness (QED) is 0.290. The zero-order valence-electron chi connectivity index (χ0n) is 21.7. The van der Waals surface area contributed by atoms with Crippen LogP contribution in [-0.2, 0) is 17.6 Å². The molecule has 1 N–H and O–H groups in total. The van der Waals surface area contributed by atoms with Crippen molar-refractivity contribution < 1.29 is 13.6 Å². The summed E-state index contributed by atoms with van der Waals surface area (Å²) in [6, 6.07) is 14.8. The van der Waals surface area contributed by atoms with Gasteiger partial charge >= 0.3 is 0 Å². The average molecular weight is 548 g/mol. The first kappa shape index (κ1) is 26.4. The molecule has 0 aliphatic carbocycles. The molecule has 0 bridgehead atoms. The SMILES string of the molecule is Cc1nc2scc(CC(=O)NC(C)CCc3ccccc3)n2c(=O)c1-c1cc(C)n(-c2cc(F)ccc2F)n1. The summed E-state index contributed by atoms with van der Waals surface area (Å²) in [5.74, 6) is -1.43. The monoisotopic (exact) mass is 547 g/mol. The molecule has 200 valence electrons. The van der Waals surface area contributed by atoms with Crippen molar-refractivity contribution in [2.45, 2.75) is 46.1 Å². The smallest absolute Gasteiger partial charge is 0.268 e. The maximum absolute atomic E-state index is 14.4. The number of halogens is 2. The highest BCUT2D eigenvalue weighted by molar-refractivity contribution is 7.15. The lowest BCUT2D eigenvalue weighted by Gasteiger charge is -2.14. The van der Waals surface area contributed by atoms with Gasteiger partial charge in [-0.25, -0.2) is 18.4 Å². The molecule has 5 aromatic rings. The number of thiazole rings is 1. The van der Waals surface area contributed by atoms with Crippen LogP contribution in [0.4, 0.5) is 8.78 Å². The Morgan fingerprint density at radius 1 is 1.10 bits per heavy atom. The number of aromatic nitrogens is 4. The Hall–Kier alpha value is -4.18. The van der Waals surface area contributed by atoms with Gasteiger partial charge in [-0.05, 0) is 57.4 Å². The Balaban J connectivity index is 1.40. The van der Waals surface area contributed by atoms with Gasteiger partial charge in [0.2, 0.25) is 5.91 Å². The molecule has 0 aliphatic heterocycles. The van der Waals surface area contributed by atoms with Gasteiger partial charge in [-0.15, -0.1) is 11.3 Å². The van der Waals surface area contributed by atoms with Gasteiger partial charge in [0.1, 0.15) is 23.0 Å². The van der Waals surface area contributed by atoms with Crippen LogP contribution in [0.3, 0.4) is 0 Å². The second-order valence-electron chi connectivity index (χ2n) is 9.57. The minimum absolute atomic E-state index is 0.0156. The van der Waals surface area contributed by atoms with E-state index in [1.165, 1.54) is 26.0 Å². The Morgan fingerprint density at radius 3 is 2.64 bits per heavy atom. The number of carbonyl (C=O) groups is 1. The first-order valence-electron chi connectivity index (χ1n) is 12.6. The van der Waals surface area contributed by atoms with E-state index in [0.29, 0.717) is 22.0 Å². The molecule has 0 saturated carbocycles. The van der Waals surface area contributed by atoms with Crippen molar-refractivity contribution in [2.75, 3.05) is 0 Å². The van der Waals surface area contributed by atoms with E-state index in [4.69, 9.17) is 0 Å². The van der Waals surface area contributed by atoms with E-state index in [9.17, 15) is 18.4 Å². The number of hydrogen-bond donors (Lipinski definition) is 1. The molecule has 0 fully saturated rings. The summed E-state index contributed by atoms with van der Waals surface area (Å²) in [5.41, 5.74) is 2.81. The van der Waals surface area contributed by atoms with Gasteiger partial charge in [-0.2, -0.15) is 5.10 Å². The van der Waals surface area contributed by atoms with Crippen LogP contribution in [0.5, 0.6) is 0 Å². The van der Waals surface area contributed by atoms with Crippen molar-refractivity contribution in [3.8, 4) is 16.9 Å². The second kappa shape index (κ2) is 10.9. The van der Waals surface area contributed by atoms with Crippen molar-refractivity contribution in [3.05, 3.63) is 105 Å². The summed E-state index contributed by atoms with van der Waals surface area (Å²) < 4.78 is 30.9. The van der Waals surface area contributed by atoms with Crippen molar-refractivity contribution in [2.24, 2.45) is 0 Å². The molecule has 1 atom stereocenters. The minimum atomic E-state index is -0.639. The van der Waals surface area contributed by atoms with Crippen LogP contribution < -0.4 is 10.9 Å². The molecule has 0 aliphatic rings. The van der Waals surface area contributed by atoms with E-state index in [-0.39, 0.29) is 40.9 Å². The van der Waals surface area contributed by atoms with Gasteiger partial charge in [0.05, 0.1) is 17.7 Å². The topological polar surface area (TPSA) is 81.3 Å². The van der Waals surface area contributed by atoms with Gasteiger partial charge in [-0.3, -0.25) is 14.0 Å². The predicted octanol–water partition coefficient (Wildman–Crippen LogP) is 5.18. The van der Waals surface area contributed by atoms with Crippen molar-refractivity contribution in [1.82, 2.24) is 24.5 Å². The molecular formula is C29H27F2N5O2S. The number of fused-ring (bicyclic) bond motifs is 1. The third-order valence-corrected chi connectivity index (χ3v) is 7.43. The molecule has 3 heterocycles. The van der Waals surface area contributed by atoms with Crippen LogP contribution >= 0.6 is 11.3 Å². The summed E-state index contributed by atoms with van der Waals surface area (Å²) in [6.45, 7) is 5.36. The standard InChI is InChI=1S/C29H27F2N5O2S/c1-17(9-10-20-7-5-4-6-8-20)32-26(37)15-22-16-39-29-33-19(3)27(28(38)35(22)29)24-13-18(2)36(34-24)25-14-21(30)11-12-23(25)31/h4-8,11-14,16-17H,9-10,15H2,1-3H3,(H,32,37). The van der Waals surface area contributed by atoms with E-state index in [1.54, 1.807) is 25.3 Å². The molecule has 2 aromatic carbocycles. The highest BCUT2D eigenvalue weighted by atomic mass is 32.1. The Bertz CT molecular complexity index is 1730. The summed E-state index contributed by atoms with van der Waals surface area (Å²) >= 11 is 1.28. The first-order chi connectivity index (χ1) is 18.7. The highest BCUT2D eigenvalue weighted by Gasteiger charge is 2.21. The predicted molar refractivity (Wildman–Crippen MR) is 147 cm³/mol. The number of carbonyl (C=O) groups excluding carboxylic acids is 1. The third-order valence-electron chi connectivity index (χ3n) is 6.56. The fourth-order valence-electron chi connectivity index (χ4n) is 4.60. The Kier molecular flexibility index (Phi) is 7.38. The molecular weight excluding hydrogens is 520 g/mol. The molecule has 5 rings (SSSR count). The van der Waals surface area contributed by atoms with E-state index in [2.05, 4.69) is 27.5 Å². The second-order valence-corrected chi connectivity index (χ2v) is 10.4. The Labute approximate surface area is 227 Å². The summed E-state index contributed by atoms with van der Waals surface area (Å²) in [7, 11) is 0. The average Bonchev–Trinajstić information content (AvgIpc) is 3.47. The number of nitrogens with zero attached hydrogens (tertiary/aromatic N) is 4. The summed E-state index contributed by atoms with van der Waals surface area (Å²) in [6.07, 6.45) is 1.65. The number of rotatable bonds is 8. The fourth-order valence-corrected chi connectivity index (χ4v) is 5.53. The van der Waals surface area contributed by atoms with E-state index in [0.717, 1.165) is 31.0 Å². The Morgan fingerprint density at radius 2 is 1.87 bits per heavy atom. The molecule has 0 saturated heterocycles. The van der Waals surface area contributed by atoms with Crippen LogP contribution in [0.2, 0.25) is 0 Å². The number of aryl methyl sites for hydroxylation is 3. The lowest BCUT2D eigenvalue weighted by Crippen LogP contribution is -2.34. The van der Waals surface area contributed by atoms with Gasteiger partial charge in [-0.1, -0.05) is 30.3 Å². The van der Waals surface area contributed by atoms with Gasteiger partial charge in [0.25, 0.3) is 5.56 Å². The molecule has 0 radical (unpaired) electrons. The van der Waals surface area contributed by atoms with E-state index in [1.807, 2.05) is 25.1 Å². The van der Waals surface area contributed by atoms with Crippen LogP contribution in [0.25, 0.3) is 21.9 Å². The number of benzene rings is 2. The third kappa shape index (κ3) is 5.51. The minimum Gasteiger partial charge on any atom is -0.353 e. The van der Waals surface area contributed by atoms with Crippen molar-refractivity contribution >= 4 is 22.2 Å². The molecule has 7 nitrogen and oxygen atoms in total. The van der Waals surface area contributed by atoms with Gasteiger partial charge in [0.15, 0.2) is 4.96 Å². The van der Waals surface area contributed by atoms with Crippen LogP contribution in [0.1, 0.15) is 36.0 Å². The number of nitrogens with one attached hydrogen (secondary N) is 1. The molecule has 3 aromatic heterocycles. The number of amides is 1. The van der Waals surface area contributed by atoms with Crippen molar-refractivity contribution in [1.29, 1.82) is 0 Å². The number of hydrogen-bond acceptors (Lipinski definition) is 5. The van der Waals surface area contributed by atoms with Crippen LogP contribution in [0.15, 0.2) is 64.8 Å². The molecule has 39 heavy (non-hydrogen) atoms. The maximum atomic E-state index is 14.4. The maximum Gasteiger partial charge on any atom is 0.268 e. The zero-order chi connectivity index (χ0) is 27.7. The van der Waals surface area contributed by atoms with Gasteiger partial charge < -0.3 is 5.32 Å². The lowest BCUT2D eigenvalue weighted by atomic mass is 10.1. The van der Waals surface area contributed by atoms with E-state index >= 15 is 0 Å². The van der Waals surface area contributed by atoms with Crippen LogP contribution in [0, 0.1) is 25.5 Å². The molecule has 1 unspecified atom stereocenters. The van der Waals surface area contributed by atoms with Gasteiger partial charge in [0, 0.05) is 28.9 Å². The first-order valence-corrected chi connectivity index (χ1v) is 13.4. The zero-order valence-corrected chi connectivity index (χ0v) is 22.6. The lowest BCUT2D eigenvalue weighted by molar-refractivity contribution is -0.121. The summed E-state index contributed by atoms with van der Waals surface area (Å²) in [5, 5.41) is 9.20. The van der Waals surface area contributed by atoms with Crippen LogP contribution in [-0.4, -0.2) is 31.1 Å².